The average molecular weight is 455 g/mol. The molecular formula is C21H21Cl2FN2O4. The first kappa shape index (κ1) is 22.3. The van der Waals surface area contributed by atoms with Gasteiger partial charge in [0.2, 0.25) is 11.8 Å². The number of carbonyl (C=O) groups excluding carboxylic acids is 2. The Kier molecular flexibility index (Phi) is 7.18. The molecule has 30 heavy (non-hydrogen) atoms. The number of benzene rings is 2. The highest BCUT2D eigenvalue weighted by Crippen LogP contribution is 2.31. The van der Waals surface area contributed by atoms with Crippen LogP contribution in [-0.2, 0) is 9.59 Å². The Morgan fingerprint density at radius 1 is 1.37 bits per heavy atom. The molecule has 2 aromatic rings. The van der Waals surface area contributed by atoms with Gasteiger partial charge in [-0.25, -0.2) is 4.39 Å². The van der Waals surface area contributed by atoms with E-state index in [1.54, 1.807) is 31.2 Å². The molecule has 1 aliphatic heterocycles. The van der Waals surface area contributed by atoms with Crippen LogP contribution in [0, 0.1) is 18.7 Å². The number of nitrogens with one attached hydrogen (secondary N) is 1. The normalized spacial score (nSPS) is 17.2. The number of hydrogen-bond donors (Lipinski definition) is 2. The van der Waals surface area contributed by atoms with Crippen LogP contribution >= 0.6 is 23.2 Å². The number of rotatable bonds is 7. The molecule has 1 aliphatic rings. The van der Waals surface area contributed by atoms with E-state index in [9.17, 15) is 19.1 Å². The van der Waals surface area contributed by atoms with Crippen molar-refractivity contribution < 1.29 is 23.8 Å². The molecule has 0 aliphatic carbocycles. The van der Waals surface area contributed by atoms with Crippen molar-refractivity contribution in [1.29, 1.82) is 0 Å². The maximum atomic E-state index is 14.2. The van der Waals surface area contributed by atoms with E-state index in [-0.39, 0.29) is 42.7 Å². The van der Waals surface area contributed by atoms with Crippen LogP contribution in [-0.4, -0.2) is 42.7 Å². The summed E-state index contributed by atoms with van der Waals surface area (Å²) in [6.45, 7) is 1.66. The molecule has 3 rings (SSSR count). The minimum Gasteiger partial charge on any atom is -0.489 e. The molecule has 0 spiro atoms. The van der Waals surface area contributed by atoms with Gasteiger partial charge in [0.15, 0.2) is 0 Å². The number of aliphatic hydroxyl groups excluding tert-OH is 1. The molecule has 6 nitrogen and oxygen atoms in total. The van der Waals surface area contributed by atoms with E-state index in [4.69, 9.17) is 27.9 Å². The molecular weight excluding hydrogens is 434 g/mol. The van der Waals surface area contributed by atoms with Crippen LogP contribution in [0.1, 0.15) is 12.0 Å². The number of halogens is 3. The quantitative estimate of drug-likeness (QED) is 0.672. The third-order valence-corrected chi connectivity index (χ3v) is 5.55. The highest BCUT2D eigenvalue weighted by atomic mass is 35.5. The summed E-state index contributed by atoms with van der Waals surface area (Å²) in [7, 11) is 0. The fourth-order valence-electron chi connectivity index (χ4n) is 3.15. The Morgan fingerprint density at radius 3 is 2.87 bits per heavy atom. The first-order valence-corrected chi connectivity index (χ1v) is 10.1. The average Bonchev–Trinajstić information content (AvgIpc) is 3.08. The summed E-state index contributed by atoms with van der Waals surface area (Å²) >= 11 is 11.9. The maximum absolute atomic E-state index is 14.2. The first-order chi connectivity index (χ1) is 14.3. The predicted octanol–water partition coefficient (Wildman–Crippen LogP) is 3.35. The maximum Gasteiger partial charge on any atom is 0.227 e. The third kappa shape index (κ3) is 5.22. The van der Waals surface area contributed by atoms with Gasteiger partial charge in [0, 0.05) is 19.5 Å². The second-order valence-corrected chi connectivity index (χ2v) is 7.91. The second-order valence-electron chi connectivity index (χ2n) is 7.12. The van der Waals surface area contributed by atoms with E-state index in [1.807, 2.05) is 0 Å². The van der Waals surface area contributed by atoms with Crippen molar-refractivity contribution in [3.05, 3.63) is 57.8 Å². The van der Waals surface area contributed by atoms with Crippen LogP contribution in [0.15, 0.2) is 36.4 Å². The zero-order chi connectivity index (χ0) is 21.8. The van der Waals surface area contributed by atoms with Gasteiger partial charge in [-0.1, -0.05) is 35.3 Å². The van der Waals surface area contributed by atoms with E-state index in [2.05, 4.69) is 5.32 Å². The highest BCUT2D eigenvalue weighted by molar-refractivity contribution is 6.42. The number of aryl methyl sites for hydroxylation is 1. The number of ether oxygens (including phenoxy) is 1. The lowest BCUT2D eigenvalue weighted by Gasteiger charge is -2.18. The monoisotopic (exact) mass is 454 g/mol. The van der Waals surface area contributed by atoms with Crippen molar-refractivity contribution in [2.45, 2.75) is 19.4 Å². The van der Waals surface area contributed by atoms with Crippen LogP contribution in [0.5, 0.6) is 5.75 Å². The summed E-state index contributed by atoms with van der Waals surface area (Å²) in [6, 6.07) is 9.48. The summed E-state index contributed by atoms with van der Waals surface area (Å²) in [4.78, 5) is 26.0. The summed E-state index contributed by atoms with van der Waals surface area (Å²) in [6.07, 6.45) is -1.02. The van der Waals surface area contributed by atoms with E-state index >= 15 is 0 Å². The number of aliphatic hydroxyl groups is 1. The van der Waals surface area contributed by atoms with Crippen molar-refractivity contribution >= 4 is 40.7 Å². The predicted molar refractivity (Wildman–Crippen MR) is 113 cm³/mol. The molecule has 2 unspecified atom stereocenters. The van der Waals surface area contributed by atoms with E-state index < -0.39 is 23.7 Å². The Hall–Kier alpha value is -2.35. The minimum absolute atomic E-state index is 0.0239. The van der Waals surface area contributed by atoms with Gasteiger partial charge >= 0.3 is 0 Å². The molecule has 2 atom stereocenters. The van der Waals surface area contributed by atoms with Crippen LogP contribution < -0.4 is 15.0 Å². The Labute approximate surface area is 183 Å². The number of amides is 2. The summed E-state index contributed by atoms with van der Waals surface area (Å²) in [5, 5.41) is 13.2. The van der Waals surface area contributed by atoms with Crippen LogP contribution in [0.3, 0.4) is 0 Å². The molecule has 0 radical (unpaired) electrons. The van der Waals surface area contributed by atoms with E-state index in [0.717, 1.165) is 5.56 Å². The van der Waals surface area contributed by atoms with Gasteiger partial charge in [-0.05, 0) is 36.8 Å². The highest BCUT2D eigenvalue weighted by Gasteiger charge is 2.36. The molecule has 2 aromatic carbocycles. The van der Waals surface area contributed by atoms with Gasteiger partial charge < -0.3 is 20.1 Å². The molecule has 1 fully saturated rings. The molecule has 9 heteroatoms. The molecule has 0 saturated carbocycles. The Bertz CT molecular complexity index is 957. The second kappa shape index (κ2) is 9.64. The van der Waals surface area contributed by atoms with Crippen molar-refractivity contribution in [2.24, 2.45) is 5.92 Å². The first-order valence-electron chi connectivity index (χ1n) is 9.35. The SMILES string of the molecule is Cc1ccc(N2CC(C(=O)NCC(O)COc3cccc(Cl)c3Cl)CC2=O)c(F)c1. The summed E-state index contributed by atoms with van der Waals surface area (Å²) in [5.41, 5.74) is 0.903. The van der Waals surface area contributed by atoms with Gasteiger partial charge in [0.25, 0.3) is 0 Å². The third-order valence-electron chi connectivity index (χ3n) is 4.75. The molecule has 160 valence electrons. The van der Waals surface area contributed by atoms with Gasteiger partial charge in [-0.3, -0.25) is 9.59 Å². The molecule has 2 amide bonds. The van der Waals surface area contributed by atoms with Crippen molar-refractivity contribution in [3.63, 3.8) is 0 Å². The Balaban J connectivity index is 1.50. The lowest BCUT2D eigenvalue weighted by molar-refractivity contribution is -0.126. The zero-order valence-electron chi connectivity index (χ0n) is 16.2. The molecule has 0 aromatic heterocycles. The van der Waals surface area contributed by atoms with Crippen LogP contribution in [0.4, 0.5) is 10.1 Å². The summed E-state index contributed by atoms with van der Waals surface area (Å²) in [5.74, 6) is -1.52. The number of hydrogen-bond acceptors (Lipinski definition) is 4. The van der Waals surface area contributed by atoms with Gasteiger partial charge in [0.05, 0.1) is 16.6 Å². The lowest BCUT2D eigenvalue weighted by atomic mass is 10.1. The minimum atomic E-state index is -0.994. The van der Waals surface area contributed by atoms with Crippen molar-refractivity contribution in [2.75, 3.05) is 24.6 Å². The number of nitrogens with zero attached hydrogens (tertiary/aromatic N) is 1. The fraction of sp³-hybridized carbons (Fsp3) is 0.333. The molecule has 1 saturated heterocycles. The standard InChI is InChI=1S/C21H21Cl2FN2O4/c1-12-5-6-17(16(24)7-12)26-10-13(8-19(26)28)21(29)25-9-14(27)11-30-18-4-2-3-15(22)20(18)23/h2-7,13-14,27H,8-11H2,1H3,(H,25,29). The molecule has 0 bridgehead atoms. The van der Waals surface area contributed by atoms with Crippen molar-refractivity contribution in [3.8, 4) is 5.75 Å². The zero-order valence-corrected chi connectivity index (χ0v) is 17.7. The molecule has 1 heterocycles. The Morgan fingerprint density at radius 2 is 2.13 bits per heavy atom. The van der Waals surface area contributed by atoms with E-state index in [0.29, 0.717) is 10.8 Å². The molecule has 2 N–H and O–H groups in total. The lowest BCUT2D eigenvalue weighted by Crippen LogP contribution is -2.39. The van der Waals surface area contributed by atoms with E-state index in [1.165, 1.54) is 17.0 Å². The largest absolute Gasteiger partial charge is 0.489 e. The van der Waals surface area contributed by atoms with Crippen molar-refractivity contribution in [1.82, 2.24) is 5.32 Å². The van der Waals surface area contributed by atoms with Gasteiger partial charge in [-0.15, -0.1) is 0 Å². The van der Waals surface area contributed by atoms with Crippen LogP contribution in [0.25, 0.3) is 0 Å². The van der Waals surface area contributed by atoms with Gasteiger partial charge in [0.1, 0.15) is 29.3 Å². The number of anilines is 1. The summed E-state index contributed by atoms with van der Waals surface area (Å²) < 4.78 is 19.6. The van der Waals surface area contributed by atoms with Crippen LogP contribution in [0.2, 0.25) is 10.0 Å². The van der Waals surface area contributed by atoms with Gasteiger partial charge in [-0.2, -0.15) is 0 Å². The number of carbonyl (C=O) groups is 2. The fourth-order valence-corrected chi connectivity index (χ4v) is 3.50. The topological polar surface area (TPSA) is 78.9 Å². The smallest absolute Gasteiger partial charge is 0.227 e.